The zero-order valence-corrected chi connectivity index (χ0v) is 22.4. The van der Waals surface area contributed by atoms with Crippen LogP contribution in [-0.2, 0) is 32.0 Å². The standard InChI is InChI=1S/C12H14O4.C8H4BrNO2.C8H5NO2/c1-7-3-10(6-12(15)16)11(14)5-9(7)4-8(2)13;9-4-1-2-6-5(3-4)7(11)8(12)10-6;10-7-5-3-1-2-4-6(5)9-8(7)11/h3,5,14H,4,6H2,1-2H3,(H,15,16);1-3H,(H,10,11,12);1-4H,(H,9,10,11). The number of Topliss-reactive ketones (excluding diaryl/α,β-unsaturated/α-hetero) is 3. The molecule has 0 aliphatic carbocycles. The molecular formula is C28H23BrN2O8. The number of nitrogens with one attached hydrogen (secondary N) is 2. The number of aliphatic carboxylic acids is 1. The molecule has 0 unspecified atom stereocenters. The van der Waals surface area contributed by atoms with Crippen LogP contribution in [-0.4, -0.2) is 45.3 Å². The van der Waals surface area contributed by atoms with E-state index < -0.39 is 29.4 Å². The number of halogens is 1. The fraction of sp³-hybridized carbons (Fsp3) is 0.143. The van der Waals surface area contributed by atoms with Crippen LogP contribution in [0.25, 0.3) is 0 Å². The van der Waals surface area contributed by atoms with Crippen molar-refractivity contribution >= 4 is 62.4 Å². The van der Waals surface area contributed by atoms with Crippen LogP contribution in [0.5, 0.6) is 5.75 Å². The number of hydrogen-bond donors (Lipinski definition) is 4. The second-order valence-corrected chi connectivity index (χ2v) is 9.57. The van der Waals surface area contributed by atoms with Crippen LogP contribution < -0.4 is 10.6 Å². The van der Waals surface area contributed by atoms with E-state index in [0.717, 1.165) is 15.6 Å². The molecule has 0 spiro atoms. The predicted octanol–water partition coefficient (Wildman–Crippen LogP) is 3.86. The van der Waals surface area contributed by atoms with Crippen molar-refractivity contribution < 1.29 is 39.0 Å². The van der Waals surface area contributed by atoms with Crippen LogP contribution in [0, 0.1) is 6.92 Å². The number of para-hydroxylation sites is 1. The van der Waals surface area contributed by atoms with E-state index in [1.165, 1.54) is 13.0 Å². The van der Waals surface area contributed by atoms with E-state index in [0.29, 0.717) is 28.1 Å². The average molecular weight is 595 g/mol. The van der Waals surface area contributed by atoms with Gasteiger partial charge in [-0.15, -0.1) is 0 Å². The molecule has 0 radical (unpaired) electrons. The minimum absolute atomic E-state index is 0.00786. The Kier molecular flexibility index (Phi) is 9.10. The molecule has 2 amide bonds. The van der Waals surface area contributed by atoms with E-state index in [9.17, 15) is 33.9 Å². The molecule has 0 saturated carbocycles. The number of anilines is 2. The van der Waals surface area contributed by atoms with Gasteiger partial charge in [0, 0.05) is 16.5 Å². The lowest BCUT2D eigenvalue weighted by Gasteiger charge is -2.08. The van der Waals surface area contributed by atoms with Crippen molar-refractivity contribution in [2.24, 2.45) is 0 Å². The van der Waals surface area contributed by atoms with E-state index in [1.807, 2.05) is 0 Å². The number of fused-ring (bicyclic) bond motifs is 2. The second kappa shape index (κ2) is 12.3. The molecule has 2 heterocycles. The molecular weight excluding hydrogens is 572 g/mol. The number of phenols is 1. The van der Waals surface area contributed by atoms with Gasteiger partial charge in [-0.05, 0) is 61.4 Å². The van der Waals surface area contributed by atoms with Crippen LogP contribution in [0.1, 0.15) is 44.3 Å². The fourth-order valence-electron chi connectivity index (χ4n) is 3.77. The first-order valence-electron chi connectivity index (χ1n) is 11.5. The highest BCUT2D eigenvalue weighted by Gasteiger charge is 2.28. The first kappa shape index (κ1) is 28.9. The second-order valence-electron chi connectivity index (χ2n) is 8.66. The van der Waals surface area contributed by atoms with Gasteiger partial charge in [0.2, 0.25) is 0 Å². The Bertz CT molecular complexity index is 1490. The summed E-state index contributed by atoms with van der Waals surface area (Å²) in [6.45, 7) is 3.27. The summed E-state index contributed by atoms with van der Waals surface area (Å²) in [5.41, 5.74) is 4.04. The molecule has 2 aliphatic heterocycles. The molecule has 0 fully saturated rings. The lowest BCUT2D eigenvalue weighted by molar-refractivity contribution is -0.136. The quantitative estimate of drug-likeness (QED) is 0.330. The predicted molar refractivity (Wildman–Crippen MR) is 145 cm³/mol. The zero-order valence-electron chi connectivity index (χ0n) is 20.8. The number of carbonyl (C=O) groups excluding carboxylic acids is 5. The van der Waals surface area contributed by atoms with E-state index in [2.05, 4.69) is 26.6 Å². The summed E-state index contributed by atoms with van der Waals surface area (Å²) in [6, 6.07) is 15.0. The highest BCUT2D eigenvalue weighted by molar-refractivity contribution is 9.10. The highest BCUT2D eigenvalue weighted by atomic mass is 79.9. The number of carboxylic acid groups (broad SMARTS) is 1. The third-order valence-corrected chi connectivity index (χ3v) is 6.12. The Balaban J connectivity index is 0.000000165. The first-order chi connectivity index (χ1) is 18.4. The average Bonchev–Trinajstić information content (AvgIpc) is 3.31. The van der Waals surface area contributed by atoms with Gasteiger partial charge in [0.1, 0.15) is 11.5 Å². The minimum atomic E-state index is -0.992. The summed E-state index contributed by atoms with van der Waals surface area (Å²) in [6.07, 6.45) is 0.0414. The van der Waals surface area contributed by atoms with Gasteiger partial charge in [-0.3, -0.25) is 28.8 Å². The topological polar surface area (TPSA) is 167 Å². The van der Waals surface area contributed by atoms with Crippen LogP contribution in [0.15, 0.2) is 59.1 Å². The summed E-state index contributed by atoms with van der Waals surface area (Å²) in [4.78, 5) is 65.2. The molecule has 39 heavy (non-hydrogen) atoms. The third-order valence-electron chi connectivity index (χ3n) is 5.63. The highest BCUT2D eigenvalue weighted by Crippen LogP contribution is 2.26. The molecule has 5 rings (SSSR count). The van der Waals surface area contributed by atoms with Gasteiger partial charge in [0.15, 0.2) is 0 Å². The Morgan fingerprint density at radius 3 is 1.97 bits per heavy atom. The summed E-state index contributed by atoms with van der Waals surface area (Å²) in [7, 11) is 0. The van der Waals surface area contributed by atoms with Crippen molar-refractivity contribution in [2.45, 2.75) is 26.7 Å². The van der Waals surface area contributed by atoms with Gasteiger partial charge in [-0.2, -0.15) is 0 Å². The Morgan fingerprint density at radius 2 is 1.38 bits per heavy atom. The smallest absolute Gasteiger partial charge is 0.307 e. The van der Waals surface area contributed by atoms with Crippen molar-refractivity contribution in [1.82, 2.24) is 0 Å². The summed E-state index contributed by atoms with van der Waals surface area (Å²) >= 11 is 3.22. The molecule has 3 aromatic rings. The SMILES string of the molecule is CC(=O)Cc1cc(O)c(CC(=O)O)cc1C.O=C1Nc2ccc(Br)cc2C1=O.O=C1Nc2ccccc2C1=O. The number of aromatic hydroxyl groups is 1. The number of carboxylic acids is 1. The van der Waals surface area contributed by atoms with Gasteiger partial charge >= 0.3 is 5.97 Å². The van der Waals surface area contributed by atoms with E-state index >= 15 is 0 Å². The van der Waals surface area contributed by atoms with Gasteiger partial charge in [0.25, 0.3) is 23.4 Å². The number of carbonyl (C=O) groups is 6. The van der Waals surface area contributed by atoms with Crippen molar-refractivity contribution in [2.75, 3.05) is 10.6 Å². The number of ketones is 3. The van der Waals surface area contributed by atoms with Crippen molar-refractivity contribution in [3.8, 4) is 5.75 Å². The van der Waals surface area contributed by atoms with E-state index in [-0.39, 0.29) is 24.4 Å². The Labute approximate surface area is 231 Å². The zero-order chi connectivity index (χ0) is 28.9. The lowest BCUT2D eigenvalue weighted by atomic mass is 9.99. The van der Waals surface area contributed by atoms with Crippen LogP contribution in [0.4, 0.5) is 11.4 Å². The van der Waals surface area contributed by atoms with E-state index in [4.69, 9.17) is 5.11 Å². The number of aryl methyl sites for hydroxylation is 1. The van der Waals surface area contributed by atoms with E-state index in [1.54, 1.807) is 55.5 Å². The van der Waals surface area contributed by atoms with Crippen molar-refractivity contribution in [3.05, 3.63) is 86.9 Å². The minimum Gasteiger partial charge on any atom is -0.508 e. The number of hydrogen-bond acceptors (Lipinski definition) is 7. The maximum absolute atomic E-state index is 11.1. The molecule has 0 bridgehead atoms. The van der Waals surface area contributed by atoms with Gasteiger partial charge in [-0.1, -0.05) is 34.1 Å². The molecule has 0 aromatic heterocycles. The molecule has 10 nitrogen and oxygen atoms in total. The molecule has 2 aliphatic rings. The summed E-state index contributed by atoms with van der Waals surface area (Å²) in [5, 5.41) is 23.2. The maximum Gasteiger partial charge on any atom is 0.307 e. The number of rotatable bonds is 4. The fourth-order valence-corrected chi connectivity index (χ4v) is 4.13. The molecule has 3 aromatic carbocycles. The largest absolute Gasteiger partial charge is 0.508 e. The monoisotopic (exact) mass is 594 g/mol. The van der Waals surface area contributed by atoms with Crippen LogP contribution in [0.3, 0.4) is 0 Å². The Hall–Kier alpha value is -4.64. The van der Waals surface area contributed by atoms with Crippen LogP contribution in [0.2, 0.25) is 0 Å². The Morgan fingerprint density at radius 1 is 0.795 bits per heavy atom. The number of amides is 2. The maximum atomic E-state index is 11.1. The van der Waals surface area contributed by atoms with Gasteiger partial charge in [0.05, 0.1) is 28.9 Å². The molecule has 0 atom stereocenters. The summed E-state index contributed by atoms with van der Waals surface area (Å²) < 4.78 is 0.797. The molecule has 0 saturated heterocycles. The lowest BCUT2D eigenvalue weighted by Crippen LogP contribution is -2.12. The van der Waals surface area contributed by atoms with Gasteiger partial charge in [-0.25, -0.2) is 0 Å². The van der Waals surface area contributed by atoms with Crippen molar-refractivity contribution in [3.63, 3.8) is 0 Å². The third kappa shape index (κ3) is 7.23. The molecule has 11 heteroatoms. The first-order valence-corrected chi connectivity index (χ1v) is 12.3. The molecule has 200 valence electrons. The van der Waals surface area contributed by atoms with Crippen LogP contribution >= 0.6 is 15.9 Å². The number of benzene rings is 3. The number of phenolic OH excluding ortho intramolecular Hbond substituents is 1. The normalized spacial score (nSPS) is 12.7. The van der Waals surface area contributed by atoms with Gasteiger partial charge < -0.3 is 20.8 Å². The van der Waals surface area contributed by atoms with Crippen molar-refractivity contribution in [1.29, 1.82) is 0 Å². The summed E-state index contributed by atoms with van der Waals surface area (Å²) in [5.74, 6) is -3.05. The molecule has 4 N–H and O–H groups in total.